The molecule has 0 amide bonds. The molecule has 0 radical (unpaired) electrons. The number of halogens is 2. The summed E-state index contributed by atoms with van der Waals surface area (Å²) >= 11 is 13.2. The van der Waals surface area contributed by atoms with Gasteiger partial charge in [0.15, 0.2) is 23.6 Å². The summed E-state index contributed by atoms with van der Waals surface area (Å²) in [4.78, 5) is 0. The highest BCUT2D eigenvalue weighted by Crippen LogP contribution is 2.44. The molecule has 0 N–H and O–H groups in total. The molecule has 0 spiro atoms. The average Bonchev–Trinajstić information content (AvgIpc) is 2.47. The van der Waals surface area contributed by atoms with Gasteiger partial charge in [0.25, 0.3) is 0 Å². The van der Waals surface area contributed by atoms with Gasteiger partial charge in [-0.3, -0.25) is 0 Å². The maximum absolute atomic E-state index is 6.61. The van der Waals surface area contributed by atoms with Crippen molar-refractivity contribution in [3.05, 3.63) is 71.8 Å². The van der Waals surface area contributed by atoms with Crippen LogP contribution in [0.5, 0.6) is 0 Å². The second-order valence-corrected chi connectivity index (χ2v) is 6.07. The zero-order valence-corrected chi connectivity index (χ0v) is 12.6. The maximum Gasteiger partial charge on any atom is 0.187 e. The van der Waals surface area contributed by atoms with E-state index in [9.17, 15) is 0 Å². The minimum Gasteiger partial charge on any atom is -0.111 e. The van der Waals surface area contributed by atoms with Gasteiger partial charge in [-0.25, -0.2) is 0 Å². The Morgan fingerprint density at radius 1 is 0.684 bits per heavy atom. The van der Waals surface area contributed by atoms with Gasteiger partial charge in [0, 0.05) is 11.1 Å². The van der Waals surface area contributed by atoms with E-state index in [0.717, 1.165) is 11.1 Å². The molecule has 0 aromatic heterocycles. The van der Waals surface area contributed by atoms with Crippen LogP contribution in [0.4, 0.5) is 0 Å². The maximum atomic E-state index is 6.61. The lowest BCUT2D eigenvalue weighted by Crippen LogP contribution is -2.33. The van der Waals surface area contributed by atoms with Crippen LogP contribution in [0.1, 0.15) is 37.1 Å². The van der Waals surface area contributed by atoms with Gasteiger partial charge in [-0.1, -0.05) is 60.7 Å². The van der Waals surface area contributed by atoms with Crippen LogP contribution >= 0.6 is 23.6 Å². The van der Waals surface area contributed by atoms with E-state index in [4.69, 9.17) is 23.6 Å². The quantitative estimate of drug-likeness (QED) is 0.641. The van der Waals surface area contributed by atoms with E-state index in [2.05, 4.69) is 38.1 Å². The highest BCUT2D eigenvalue weighted by Gasteiger charge is 2.40. The predicted octanol–water partition coefficient (Wildman–Crippen LogP) is 5.63. The molecule has 1 nitrogen and oxygen atoms in total. The Bertz CT molecular complexity index is 463. The number of hydrogen-bond donors (Lipinski definition) is 0. The van der Waals surface area contributed by atoms with Gasteiger partial charge in [-0.2, -0.15) is 0 Å². The fourth-order valence-electron chi connectivity index (χ4n) is 2.20. The molecule has 0 heterocycles. The summed E-state index contributed by atoms with van der Waals surface area (Å²) in [6.45, 7) is 4.10. The van der Waals surface area contributed by atoms with E-state index < -0.39 is 0 Å². The van der Waals surface area contributed by atoms with Gasteiger partial charge in [-0.05, 0) is 13.8 Å². The van der Waals surface area contributed by atoms with Crippen molar-refractivity contribution in [3.63, 3.8) is 0 Å². The molecule has 0 aliphatic rings. The van der Waals surface area contributed by atoms with Crippen LogP contribution < -0.4 is 0 Å². The summed E-state index contributed by atoms with van der Waals surface area (Å²) in [7, 11) is 0. The Morgan fingerprint density at radius 2 is 1.00 bits per heavy atom. The minimum atomic E-state index is -0.103. The Labute approximate surface area is 125 Å². The number of rotatable bonds is 4. The summed E-state index contributed by atoms with van der Waals surface area (Å²) in [5, 5.41) is 0. The fourth-order valence-corrected chi connectivity index (χ4v) is 2.65. The molecule has 0 bridgehead atoms. The summed E-state index contributed by atoms with van der Waals surface area (Å²) in [5.41, 5.74) is 2.27. The van der Waals surface area contributed by atoms with Crippen molar-refractivity contribution in [2.45, 2.75) is 25.9 Å². The highest BCUT2D eigenvalue weighted by molar-refractivity contribution is 6.23. The topological polar surface area (TPSA) is 0 Å². The number of nitrogens with zero attached hydrogens (tertiary/aromatic N) is 1. The second kappa shape index (κ2) is 5.96. The van der Waals surface area contributed by atoms with Crippen molar-refractivity contribution in [2.24, 2.45) is 0 Å². The van der Waals surface area contributed by atoms with Crippen LogP contribution in [0.25, 0.3) is 0 Å². The van der Waals surface area contributed by atoms with Crippen LogP contribution in [0.15, 0.2) is 60.7 Å². The first kappa shape index (κ1) is 14.4. The molecular formula is C16H18Cl2N+. The Balaban J connectivity index is 2.27. The van der Waals surface area contributed by atoms with Crippen molar-refractivity contribution in [1.82, 2.24) is 0 Å². The Kier molecular flexibility index (Phi) is 4.51. The van der Waals surface area contributed by atoms with E-state index in [1.54, 1.807) is 0 Å². The standard InChI is InChI=1S/C16H18Cl2N/c1-13(15-9-5-3-6-10-15)19(17,18)14(2)16-11-7-4-8-12-16/h3-14H,1-2H3/q+1/t13-,14-/m0/s1. The Morgan fingerprint density at radius 3 is 1.32 bits per heavy atom. The largest absolute Gasteiger partial charge is 0.187 e. The van der Waals surface area contributed by atoms with Crippen molar-refractivity contribution in [2.75, 3.05) is 0 Å². The number of benzene rings is 2. The molecule has 0 saturated carbocycles. The van der Waals surface area contributed by atoms with Crippen molar-refractivity contribution >= 4 is 23.6 Å². The molecule has 2 aromatic carbocycles. The third kappa shape index (κ3) is 3.11. The number of quaternary nitrogens is 1. The van der Waals surface area contributed by atoms with Crippen LogP contribution in [-0.4, -0.2) is 3.52 Å². The fraction of sp³-hybridized carbons (Fsp3) is 0.250. The molecule has 0 aliphatic carbocycles. The van der Waals surface area contributed by atoms with E-state index in [0.29, 0.717) is 0 Å². The molecular weight excluding hydrogens is 277 g/mol. The Hall–Kier alpha value is -1.02. The first-order valence-corrected chi connectivity index (χ1v) is 7.08. The van der Waals surface area contributed by atoms with Gasteiger partial charge in [-0.15, -0.1) is 3.52 Å². The molecule has 100 valence electrons. The molecule has 0 unspecified atom stereocenters. The van der Waals surface area contributed by atoms with E-state index in [-0.39, 0.29) is 15.6 Å². The van der Waals surface area contributed by atoms with Crippen LogP contribution in [0.2, 0.25) is 0 Å². The molecule has 0 saturated heterocycles. The number of hydrogen-bond acceptors (Lipinski definition) is 0. The molecule has 2 atom stereocenters. The lowest BCUT2D eigenvalue weighted by atomic mass is 10.0. The zero-order chi connectivity index (χ0) is 13.9. The second-order valence-electron chi connectivity index (χ2n) is 4.78. The van der Waals surface area contributed by atoms with Crippen molar-refractivity contribution in [1.29, 1.82) is 0 Å². The molecule has 0 aliphatic heterocycles. The predicted molar refractivity (Wildman–Crippen MR) is 81.7 cm³/mol. The normalized spacial score (nSPS) is 14.9. The van der Waals surface area contributed by atoms with Crippen molar-refractivity contribution < 1.29 is 3.52 Å². The minimum absolute atomic E-state index is 0.000241. The van der Waals surface area contributed by atoms with Gasteiger partial charge >= 0.3 is 0 Å². The lowest BCUT2D eigenvalue weighted by molar-refractivity contribution is -0.760. The van der Waals surface area contributed by atoms with Gasteiger partial charge < -0.3 is 0 Å². The van der Waals surface area contributed by atoms with Gasteiger partial charge in [0.1, 0.15) is 12.1 Å². The molecule has 2 aromatic rings. The zero-order valence-electron chi connectivity index (χ0n) is 11.1. The third-order valence-electron chi connectivity index (χ3n) is 3.60. The molecule has 2 rings (SSSR count). The first-order valence-electron chi connectivity index (χ1n) is 6.41. The summed E-state index contributed by atoms with van der Waals surface area (Å²) in [6, 6.07) is 20.2. The lowest BCUT2D eigenvalue weighted by Gasteiger charge is -2.32. The van der Waals surface area contributed by atoms with Gasteiger partial charge in [0.2, 0.25) is 0 Å². The van der Waals surface area contributed by atoms with Crippen molar-refractivity contribution in [3.8, 4) is 0 Å². The highest BCUT2D eigenvalue weighted by atomic mass is 35.5. The SMILES string of the molecule is C[C@@H](c1ccccc1)[N+](Cl)(Cl)[C@@H](C)c1ccccc1. The third-order valence-corrected chi connectivity index (χ3v) is 4.77. The van der Waals surface area contributed by atoms with Crippen LogP contribution in [0.3, 0.4) is 0 Å². The smallest absolute Gasteiger partial charge is 0.111 e. The van der Waals surface area contributed by atoms with E-state index in [1.165, 1.54) is 0 Å². The summed E-state index contributed by atoms with van der Waals surface area (Å²) in [6.07, 6.45) is 0. The van der Waals surface area contributed by atoms with E-state index in [1.807, 2.05) is 36.4 Å². The summed E-state index contributed by atoms with van der Waals surface area (Å²) in [5.74, 6) is 0. The van der Waals surface area contributed by atoms with Crippen LogP contribution in [0, 0.1) is 0 Å². The average molecular weight is 295 g/mol. The molecule has 19 heavy (non-hydrogen) atoms. The summed E-state index contributed by atoms with van der Waals surface area (Å²) < 4.78 is -0.103. The van der Waals surface area contributed by atoms with Gasteiger partial charge in [0.05, 0.1) is 0 Å². The van der Waals surface area contributed by atoms with Crippen LogP contribution in [-0.2, 0) is 0 Å². The van der Waals surface area contributed by atoms with E-state index >= 15 is 0 Å². The molecule has 0 fully saturated rings. The monoisotopic (exact) mass is 294 g/mol. The first-order chi connectivity index (χ1) is 9.03. The molecule has 3 heteroatoms.